The second-order valence-corrected chi connectivity index (χ2v) is 6.04. The highest BCUT2D eigenvalue weighted by Crippen LogP contribution is 2.30. The van der Waals surface area contributed by atoms with Crippen molar-refractivity contribution in [3.05, 3.63) is 29.6 Å². The summed E-state index contributed by atoms with van der Waals surface area (Å²) in [5.41, 5.74) is 2.39. The molecule has 2 aromatic rings. The van der Waals surface area contributed by atoms with Crippen LogP contribution in [0.1, 0.15) is 42.1 Å². The van der Waals surface area contributed by atoms with Crippen molar-refractivity contribution in [2.45, 2.75) is 44.8 Å². The standard InChI is InChI=1S/C16H18N4O2/c1-2-12(15(21)19-10-3-4-10)20-8-9-5-6-17-14-13(9)11(7-18-14)16(20)22/h5-7,10,12H,2-4,8H2,1H3,(H,17,18)(H,19,21). The smallest absolute Gasteiger partial charge is 0.257 e. The third-order valence-corrected chi connectivity index (χ3v) is 4.48. The molecule has 6 nitrogen and oxygen atoms in total. The van der Waals surface area contributed by atoms with Crippen molar-refractivity contribution in [3.63, 3.8) is 0 Å². The lowest BCUT2D eigenvalue weighted by Gasteiger charge is -2.33. The first kappa shape index (κ1) is 13.3. The largest absolute Gasteiger partial charge is 0.352 e. The van der Waals surface area contributed by atoms with Crippen molar-refractivity contribution in [2.75, 3.05) is 0 Å². The fourth-order valence-corrected chi connectivity index (χ4v) is 3.16. The average molecular weight is 298 g/mol. The second-order valence-electron chi connectivity index (χ2n) is 6.04. The molecule has 1 aliphatic heterocycles. The lowest BCUT2D eigenvalue weighted by molar-refractivity contribution is -0.126. The minimum absolute atomic E-state index is 0.0392. The molecule has 2 aromatic heterocycles. The van der Waals surface area contributed by atoms with Gasteiger partial charge in [0.05, 0.1) is 5.56 Å². The van der Waals surface area contributed by atoms with Gasteiger partial charge in [0, 0.05) is 30.4 Å². The molecule has 1 unspecified atom stereocenters. The van der Waals surface area contributed by atoms with Crippen LogP contribution in [-0.4, -0.2) is 38.8 Å². The van der Waals surface area contributed by atoms with E-state index in [0.29, 0.717) is 24.6 Å². The number of pyridine rings is 1. The number of amides is 2. The molecule has 3 heterocycles. The van der Waals surface area contributed by atoms with E-state index in [1.165, 1.54) is 0 Å². The normalized spacial score (nSPS) is 18.6. The van der Waals surface area contributed by atoms with Gasteiger partial charge in [0.25, 0.3) is 5.91 Å². The van der Waals surface area contributed by atoms with E-state index in [-0.39, 0.29) is 11.8 Å². The van der Waals surface area contributed by atoms with E-state index in [4.69, 9.17) is 0 Å². The number of hydrogen-bond acceptors (Lipinski definition) is 3. The highest BCUT2D eigenvalue weighted by molar-refractivity contribution is 6.10. The zero-order chi connectivity index (χ0) is 15.3. The summed E-state index contributed by atoms with van der Waals surface area (Å²) >= 11 is 0. The van der Waals surface area contributed by atoms with Gasteiger partial charge in [-0.2, -0.15) is 0 Å². The van der Waals surface area contributed by atoms with Crippen LogP contribution in [0.3, 0.4) is 0 Å². The quantitative estimate of drug-likeness (QED) is 0.899. The molecule has 2 amide bonds. The summed E-state index contributed by atoms with van der Waals surface area (Å²) in [5, 5.41) is 3.90. The van der Waals surface area contributed by atoms with Crippen molar-refractivity contribution in [1.82, 2.24) is 20.2 Å². The maximum atomic E-state index is 12.8. The van der Waals surface area contributed by atoms with Gasteiger partial charge in [-0.05, 0) is 30.9 Å². The molecule has 0 radical (unpaired) electrons. The minimum Gasteiger partial charge on any atom is -0.352 e. The Hall–Kier alpha value is -2.37. The Balaban J connectivity index is 1.68. The number of nitrogens with one attached hydrogen (secondary N) is 2. The number of hydrogen-bond donors (Lipinski definition) is 2. The summed E-state index contributed by atoms with van der Waals surface area (Å²) in [5.74, 6) is -0.132. The minimum atomic E-state index is -0.417. The fourth-order valence-electron chi connectivity index (χ4n) is 3.16. The maximum Gasteiger partial charge on any atom is 0.257 e. The number of carbonyl (C=O) groups is 2. The van der Waals surface area contributed by atoms with Gasteiger partial charge < -0.3 is 15.2 Å². The van der Waals surface area contributed by atoms with Crippen LogP contribution in [0, 0.1) is 0 Å². The fraction of sp³-hybridized carbons (Fsp3) is 0.438. The van der Waals surface area contributed by atoms with Gasteiger partial charge in [0.15, 0.2) is 0 Å². The first-order valence-corrected chi connectivity index (χ1v) is 7.75. The Bertz CT molecular complexity index is 763. The molecule has 2 N–H and O–H groups in total. The zero-order valence-corrected chi connectivity index (χ0v) is 12.4. The van der Waals surface area contributed by atoms with E-state index in [1.54, 1.807) is 17.3 Å². The van der Waals surface area contributed by atoms with Gasteiger partial charge in [-0.3, -0.25) is 9.59 Å². The van der Waals surface area contributed by atoms with E-state index >= 15 is 0 Å². The topological polar surface area (TPSA) is 78.1 Å². The van der Waals surface area contributed by atoms with E-state index in [2.05, 4.69) is 15.3 Å². The molecular weight excluding hydrogens is 280 g/mol. The lowest BCUT2D eigenvalue weighted by atomic mass is 10.00. The Kier molecular flexibility index (Phi) is 2.92. The summed E-state index contributed by atoms with van der Waals surface area (Å²) in [6, 6.07) is 1.81. The van der Waals surface area contributed by atoms with E-state index < -0.39 is 6.04 Å². The summed E-state index contributed by atoms with van der Waals surface area (Å²) in [4.78, 5) is 34.2. The Morgan fingerprint density at radius 1 is 1.55 bits per heavy atom. The van der Waals surface area contributed by atoms with Crippen LogP contribution in [0.25, 0.3) is 11.0 Å². The highest BCUT2D eigenvalue weighted by Gasteiger charge is 2.36. The van der Waals surface area contributed by atoms with E-state index in [9.17, 15) is 9.59 Å². The SMILES string of the molecule is CCC(C(=O)NC1CC1)N1Cc2ccnc3[nH]cc(c23)C1=O. The molecule has 0 spiro atoms. The molecule has 22 heavy (non-hydrogen) atoms. The van der Waals surface area contributed by atoms with Crippen LogP contribution < -0.4 is 5.32 Å². The molecule has 1 fully saturated rings. The van der Waals surface area contributed by atoms with E-state index in [1.807, 2.05) is 13.0 Å². The summed E-state index contributed by atoms with van der Waals surface area (Å²) in [6.45, 7) is 2.40. The molecule has 6 heteroatoms. The van der Waals surface area contributed by atoms with Crippen LogP contribution in [0.4, 0.5) is 0 Å². The van der Waals surface area contributed by atoms with Crippen LogP contribution >= 0.6 is 0 Å². The summed E-state index contributed by atoms with van der Waals surface area (Å²) < 4.78 is 0. The van der Waals surface area contributed by atoms with Gasteiger partial charge in [-0.15, -0.1) is 0 Å². The number of carbonyl (C=O) groups excluding carboxylic acids is 2. The van der Waals surface area contributed by atoms with Gasteiger partial charge in [0.2, 0.25) is 5.91 Å². The third kappa shape index (κ3) is 1.98. The van der Waals surface area contributed by atoms with Crippen molar-refractivity contribution < 1.29 is 9.59 Å². The summed E-state index contributed by atoms with van der Waals surface area (Å²) in [7, 11) is 0. The van der Waals surface area contributed by atoms with Crippen molar-refractivity contribution >= 4 is 22.8 Å². The first-order chi connectivity index (χ1) is 10.7. The number of rotatable bonds is 4. The maximum absolute atomic E-state index is 12.8. The molecule has 0 bridgehead atoms. The number of aromatic amines is 1. The van der Waals surface area contributed by atoms with Crippen LogP contribution in [0.2, 0.25) is 0 Å². The molecule has 4 rings (SSSR count). The number of aromatic nitrogens is 2. The Morgan fingerprint density at radius 2 is 2.36 bits per heavy atom. The first-order valence-electron chi connectivity index (χ1n) is 7.75. The van der Waals surface area contributed by atoms with Crippen LogP contribution in [-0.2, 0) is 11.3 Å². The predicted molar refractivity (Wildman–Crippen MR) is 81.2 cm³/mol. The lowest BCUT2D eigenvalue weighted by Crippen LogP contribution is -2.50. The Morgan fingerprint density at radius 3 is 3.09 bits per heavy atom. The molecule has 0 aromatic carbocycles. The third-order valence-electron chi connectivity index (χ3n) is 4.48. The van der Waals surface area contributed by atoms with E-state index in [0.717, 1.165) is 29.4 Å². The molecule has 114 valence electrons. The van der Waals surface area contributed by atoms with Gasteiger partial charge >= 0.3 is 0 Å². The molecule has 1 saturated carbocycles. The van der Waals surface area contributed by atoms with Crippen molar-refractivity contribution in [3.8, 4) is 0 Å². The van der Waals surface area contributed by atoms with Gasteiger partial charge in [-0.25, -0.2) is 4.98 Å². The van der Waals surface area contributed by atoms with Crippen molar-refractivity contribution in [2.24, 2.45) is 0 Å². The van der Waals surface area contributed by atoms with Crippen LogP contribution in [0.15, 0.2) is 18.5 Å². The van der Waals surface area contributed by atoms with Gasteiger partial charge in [0.1, 0.15) is 11.7 Å². The van der Waals surface area contributed by atoms with Crippen LogP contribution in [0.5, 0.6) is 0 Å². The molecule has 1 atom stereocenters. The second kappa shape index (κ2) is 4.83. The van der Waals surface area contributed by atoms with Gasteiger partial charge in [-0.1, -0.05) is 6.92 Å². The number of H-pyrrole nitrogens is 1. The predicted octanol–water partition coefficient (Wildman–Crippen LogP) is 1.58. The number of nitrogens with zero attached hydrogens (tertiary/aromatic N) is 2. The summed E-state index contributed by atoms with van der Waals surface area (Å²) in [6.07, 6.45) is 6.13. The molecule has 0 saturated heterocycles. The molecular formula is C16H18N4O2. The highest BCUT2D eigenvalue weighted by atomic mass is 16.2. The monoisotopic (exact) mass is 298 g/mol. The zero-order valence-electron chi connectivity index (χ0n) is 12.4. The Labute approximate surface area is 127 Å². The van der Waals surface area contributed by atoms with Crippen molar-refractivity contribution in [1.29, 1.82) is 0 Å². The average Bonchev–Trinajstić information content (AvgIpc) is 3.21. The molecule has 1 aliphatic carbocycles. The molecule has 2 aliphatic rings.